The zero-order valence-corrected chi connectivity index (χ0v) is 10.3. The van der Waals surface area contributed by atoms with Gasteiger partial charge in [-0.25, -0.2) is 4.39 Å². The van der Waals surface area contributed by atoms with Crippen LogP contribution >= 0.6 is 11.6 Å². The number of nitrogens with zero attached hydrogens (tertiary/aromatic N) is 1. The standard InChI is InChI=1S/C12H14ClFN2O/c1-8-7-15-5-6-16(8)12(17)11-9(13)3-2-4-10(11)14/h2-4,8,15H,5-7H2,1H3/t8-/m1/s1. The number of piperazine rings is 1. The lowest BCUT2D eigenvalue weighted by Crippen LogP contribution is -2.52. The van der Waals surface area contributed by atoms with E-state index in [0.29, 0.717) is 6.54 Å². The number of nitrogens with one attached hydrogen (secondary N) is 1. The van der Waals surface area contributed by atoms with Gasteiger partial charge in [0.2, 0.25) is 0 Å². The van der Waals surface area contributed by atoms with E-state index in [9.17, 15) is 9.18 Å². The third-order valence-electron chi connectivity index (χ3n) is 2.94. The Labute approximate surface area is 105 Å². The Morgan fingerprint density at radius 1 is 1.59 bits per heavy atom. The molecule has 0 saturated carbocycles. The highest BCUT2D eigenvalue weighted by atomic mass is 35.5. The summed E-state index contributed by atoms with van der Waals surface area (Å²) in [6, 6.07) is 4.33. The molecule has 92 valence electrons. The fourth-order valence-corrected chi connectivity index (χ4v) is 2.23. The first kappa shape index (κ1) is 12.3. The van der Waals surface area contributed by atoms with Crippen molar-refractivity contribution >= 4 is 17.5 Å². The summed E-state index contributed by atoms with van der Waals surface area (Å²) in [4.78, 5) is 13.9. The van der Waals surface area contributed by atoms with Crippen LogP contribution in [0.4, 0.5) is 4.39 Å². The van der Waals surface area contributed by atoms with Crippen molar-refractivity contribution in [1.82, 2.24) is 10.2 Å². The van der Waals surface area contributed by atoms with Gasteiger partial charge in [0.1, 0.15) is 5.82 Å². The van der Waals surface area contributed by atoms with Gasteiger partial charge in [-0.15, -0.1) is 0 Å². The Morgan fingerprint density at radius 3 is 3.00 bits per heavy atom. The van der Waals surface area contributed by atoms with Gasteiger partial charge in [0, 0.05) is 25.7 Å². The minimum atomic E-state index is -0.562. The van der Waals surface area contributed by atoms with Gasteiger partial charge >= 0.3 is 0 Å². The van der Waals surface area contributed by atoms with Crippen LogP contribution in [-0.2, 0) is 0 Å². The first-order chi connectivity index (χ1) is 8.11. The van der Waals surface area contributed by atoms with E-state index in [1.165, 1.54) is 18.2 Å². The molecule has 1 aliphatic rings. The fourth-order valence-electron chi connectivity index (χ4n) is 1.99. The number of hydrogen-bond acceptors (Lipinski definition) is 2. The molecule has 1 atom stereocenters. The molecule has 17 heavy (non-hydrogen) atoms. The normalized spacial score (nSPS) is 20.4. The molecule has 5 heteroatoms. The van der Waals surface area contributed by atoms with Crippen molar-refractivity contribution in [3.63, 3.8) is 0 Å². The highest BCUT2D eigenvalue weighted by Gasteiger charge is 2.27. The minimum absolute atomic E-state index is 0.0251. The number of hydrogen-bond donors (Lipinski definition) is 1. The van der Waals surface area contributed by atoms with Gasteiger partial charge in [0.05, 0.1) is 10.6 Å². The molecule has 0 spiro atoms. The van der Waals surface area contributed by atoms with Gasteiger partial charge in [0.25, 0.3) is 5.91 Å². The van der Waals surface area contributed by atoms with Crippen molar-refractivity contribution in [1.29, 1.82) is 0 Å². The van der Waals surface area contributed by atoms with E-state index in [2.05, 4.69) is 5.32 Å². The molecule has 0 bridgehead atoms. The average molecular weight is 257 g/mol. The van der Waals surface area contributed by atoms with Gasteiger partial charge in [-0.1, -0.05) is 17.7 Å². The smallest absolute Gasteiger partial charge is 0.258 e. The molecule has 1 amide bonds. The lowest BCUT2D eigenvalue weighted by atomic mass is 10.1. The Balaban J connectivity index is 2.30. The third kappa shape index (κ3) is 2.42. The molecule has 1 aliphatic heterocycles. The zero-order chi connectivity index (χ0) is 12.4. The van der Waals surface area contributed by atoms with Crippen LogP contribution in [0.25, 0.3) is 0 Å². The second-order valence-electron chi connectivity index (χ2n) is 4.15. The minimum Gasteiger partial charge on any atom is -0.333 e. The summed E-state index contributed by atoms with van der Waals surface area (Å²) in [7, 11) is 0. The second-order valence-corrected chi connectivity index (χ2v) is 4.56. The number of carbonyl (C=O) groups excluding carboxylic acids is 1. The van der Waals surface area contributed by atoms with Crippen LogP contribution in [0.15, 0.2) is 18.2 Å². The number of amides is 1. The molecule has 0 unspecified atom stereocenters. The molecule has 1 saturated heterocycles. The molecule has 1 aromatic rings. The molecule has 1 aromatic carbocycles. The van der Waals surface area contributed by atoms with E-state index >= 15 is 0 Å². The summed E-state index contributed by atoms with van der Waals surface area (Å²) in [6.45, 7) is 3.95. The maximum absolute atomic E-state index is 13.6. The largest absolute Gasteiger partial charge is 0.333 e. The summed E-state index contributed by atoms with van der Waals surface area (Å²) < 4.78 is 13.6. The zero-order valence-electron chi connectivity index (χ0n) is 9.54. The highest BCUT2D eigenvalue weighted by molar-refractivity contribution is 6.33. The molecule has 1 fully saturated rings. The summed E-state index contributed by atoms with van der Waals surface area (Å²) in [5.74, 6) is -0.893. The third-order valence-corrected chi connectivity index (χ3v) is 3.25. The summed E-state index contributed by atoms with van der Waals surface area (Å²) in [6.07, 6.45) is 0. The number of carbonyl (C=O) groups is 1. The molecule has 0 radical (unpaired) electrons. The molecule has 2 rings (SSSR count). The van der Waals surface area contributed by atoms with Crippen LogP contribution in [-0.4, -0.2) is 36.5 Å². The van der Waals surface area contributed by atoms with Crippen molar-refractivity contribution in [3.05, 3.63) is 34.6 Å². The monoisotopic (exact) mass is 256 g/mol. The molecular weight excluding hydrogens is 243 g/mol. The van der Waals surface area contributed by atoms with Crippen LogP contribution in [0.2, 0.25) is 5.02 Å². The topological polar surface area (TPSA) is 32.3 Å². The van der Waals surface area contributed by atoms with Gasteiger partial charge < -0.3 is 10.2 Å². The van der Waals surface area contributed by atoms with Crippen molar-refractivity contribution < 1.29 is 9.18 Å². The highest BCUT2D eigenvalue weighted by Crippen LogP contribution is 2.22. The van der Waals surface area contributed by atoms with Crippen LogP contribution in [0.1, 0.15) is 17.3 Å². The van der Waals surface area contributed by atoms with Crippen molar-refractivity contribution in [2.24, 2.45) is 0 Å². The maximum Gasteiger partial charge on any atom is 0.258 e. The van der Waals surface area contributed by atoms with E-state index < -0.39 is 5.82 Å². The second kappa shape index (κ2) is 5.02. The lowest BCUT2D eigenvalue weighted by molar-refractivity contribution is 0.0651. The number of halogens is 2. The molecule has 0 aromatic heterocycles. The van der Waals surface area contributed by atoms with Gasteiger partial charge in [0.15, 0.2) is 0 Å². The molecule has 0 aliphatic carbocycles. The predicted octanol–water partition coefficient (Wildman–Crippen LogP) is 1.91. The fraction of sp³-hybridized carbons (Fsp3) is 0.417. The van der Waals surface area contributed by atoms with Crippen molar-refractivity contribution in [2.45, 2.75) is 13.0 Å². The van der Waals surface area contributed by atoms with Gasteiger partial charge in [-0.05, 0) is 19.1 Å². The van der Waals surface area contributed by atoms with Crippen LogP contribution in [0.3, 0.4) is 0 Å². The van der Waals surface area contributed by atoms with Crippen LogP contribution in [0.5, 0.6) is 0 Å². The average Bonchev–Trinajstić information content (AvgIpc) is 2.29. The summed E-state index contributed by atoms with van der Waals surface area (Å²) >= 11 is 5.89. The molecule has 1 N–H and O–H groups in total. The lowest BCUT2D eigenvalue weighted by Gasteiger charge is -2.34. The Morgan fingerprint density at radius 2 is 2.35 bits per heavy atom. The van der Waals surface area contributed by atoms with E-state index in [0.717, 1.165) is 13.1 Å². The summed E-state index contributed by atoms with van der Waals surface area (Å²) in [5.41, 5.74) is -0.0251. The van der Waals surface area contributed by atoms with Crippen LogP contribution < -0.4 is 5.32 Å². The Hall–Kier alpha value is -1.13. The van der Waals surface area contributed by atoms with E-state index in [-0.39, 0.29) is 22.5 Å². The van der Waals surface area contributed by atoms with Gasteiger partial charge in [-0.2, -0.15) is 0 Å². The van der Waals surface area contributed by atoms with Crippen LogP contribution in [0, 0.1) is 5.82 Å². The maximum atomic E-state index is 13.6. The number of rotatable bonds is 1. The predicted molar refractivity (Wildman–Crippen MR) is 64.8 cm³/mol. The Kier molecular flexibility index (Phi) is 3.64. The molecule has 3 nitrogen and oxygen atoms in total. The van der Waals surface area contributed by atoms with E-state index in [1.807, 2.05) is 6.92 Å². The first-order valence-electron chi connectivity index (χ1n) is 5.57. The van der Waals surface area contributed by atoms with E-state index in [4.69, 9.17) is 11.6 Å². The molecule has 1 heterocycles. The molecular formula is C12H14ClFN2O. The first-order valence-corrected chi connectivity index (χ1v) is 5.94. The van der Waals surface area contributed by atoms with Gasteiger partial charge in [-0.3, -0.25) is 4.79 Å². The summed E-state index contributed by atoms with van der Waals surface area (Å²) in [5, 5.41) is 3.35. The SMILES string of the molecule is C[C@@H]1CNCCN1C(=O)c1c(F)cccc1Cl. The Bertz CT molecular complexity index is 418. The van der Waals surface area contributed by atoms with Crippen molar-refractivity contribution in [3.8, 4) is 0 Å². The van der Waals surface area contributed by atoms with Crippen molar-refractivity contribution in [2.75, 3.05) is 19.6 Å². The van der Waals surface area contributed by atoms with E-state index in [1.54, 1.807) is 4.90 Å². The number of benzene rings is 1. The quantitative estimate of drug-likeness (QED) is 0.833.